The van der Waals surface area contributed by atoms with Crippen LogP contribution in [0.4, 0.5) is 0 Å². The van der Waals surface area contributed by atoms with E-state index in [1.54, 1.807) is 18.7 Å². The highest BCUT2D eigenvalue weighted by Gasteiger charge is 2.11. The lowest BCUT2D eigenvalue weighted by molar-refractivity contribution is -0.143. The molecular weight excluding hydrogens is 360 g/mol. The average molecular weight is 389 g/mol. The number of hydrogen-bond acceptors (Lipinski definition) is 6. The molecule has 7 heteroatoms. The summed E-state index contributed by atoms with van der Waals surface area (Å²) in [5, 5.41) is 0. The van der Waals surface area contributed by atoms with E-state index in [4.69, 9.17) is 8.92 Å². The summed E-state index contributed by atoms with van der Waals surface area (Å²) in [4.78, 5) is 12.6. The van der Waals surface area contributed by atoms with Crippen LogP contribution in [-0.4, -0.2) is 39.1 Å². The Morgan fingerprint density at radius 3 is 2.56 bits per heavy atom. The van der Waals surface area contributed by atoms with E-state index in [9.17, 15) is 13.2 Å². The maximum Gasteiger partial charge on any atom is 0.306 e. The summed E-state index contributed by atoms with van der Waals surface area (Å²) in [7, 11) is -3.40. The zero-order valence-corrected chi connectivity index (χ0v) is 17.0. The number of rotatable bonds is 11. The Balaban J connectivity index is 2.55. The number of aryl methyl sites for hydroxylation is 2. The first-order valence-electron chi connectivity index (χ1n) is 8.53. The number of esters is 1. The molecule has 1 aromatic carbocycles. The first kappa shape index (κ1) is 22.0. The molecule has 1 rings (SSSR count). The quantitative estimate of drug-likeness (QED) is 0.328. The standard InChI is InChI=1S/C18H28O5S2/c1-5-15-13-17(24-12-11-14(3)23-25(4,20)21)9-7-16(15)8-10-18(19)22-6-2/h7,9,13-14H,5-6,8,10-12H2,1-4H3/t14-/m0/s1. The lowest BCUT2D eigenvalue weighted by Gasteiger charge is -2.12. The van der Waals surface area contributed by atoms with Gasteiger partial charge in [-0.15, -0.1) is 11.8 Å². The Hall–Kier alpha value is -1.05. The maximum absolute atomic E-state index is 11.5. The second kappa shape index (κ2) is 10.8. The van der Waals surface area contributed by atoms with Gasteiger partial charge in [-0.1, -0.05) is 13.0 Å². The van der Waals surface area contributed by atoms with Gasteiger partial charge >= 0.3 is 5.97 Å². The Morgan fingerprint density at radius 1 is 1.24 bits per heavy atom. The lowest BCUT2D eigenvalue weighted by atomic mass is 10.0. The van der Waals surface area contributed by atoms with Crippen LogP contribution in [-0.2, 0) is 36.7 Å². The van der Waals surface area contributed by atoms with Crippen LogP contribution in [0.5, 0.6) is 0 Å². The molecule has 0 unspecified atom stereocenters. The molecule has 0 saturated carbocycles. The van der Waals surface area contributed by atoms with Crippen LogP contribution in [0.3, 0.4) is 0 Å². The first-order valence-corrected chi connectivity index (χ1v) is 11.3. The number of hydrogen-bond donors (Lipinski definition) is 0. The van der Waals surface area contributed by atoms with Crippen molar-refractivity contribution in [1.29, 1.82) is 0 Å². The van der Waals surface area contributed by atoms with Gasteiger partial charge in [0.15, 0.2) is 0 Å². The summed E-state index contributed by atoms with van der Waals surface area (Å²) in [6.45, 7) is 6.08. The van der Waals surface area contributed by atoms with E-state index in [2.05, 4.69) is 19.1 Å². The van der Waals surface area contributed by atoms with Gasteiger partial charge in [-0.25, -0.2) is 0 Å². The van der Waals surface area contributed by atoms with Crippen molar-refractivity contribution in [3.8, 4) is 0 Å². The minimum absolute atomic E-state index is 0.164. The number of carbonyl (C=O) groups is 1. The molecular formula is C18H28O5S2. The third-order valence-corrected chi connectivity index (χ3v) is 5.30. The fourth-order valence-electron chi connectivity index (χ4n) is 2.42. The lowest BCUT2D eigenvalue weighted by Crippen LogP contribution is -2.14. The molecule has 0 fully saturated rings. The molecule has 0 radical (unpaired) electrons. The van der Waals surface area contributed by atoms with E-state index < -0.39 is 10.1 Å². The second-order valence-corrected chi connectivity index (χ2v) is 8.61. The normalized spacial score (nSPS) is 12.8. The largest absolute Gasteiger partial charge is 0.466 e. The average Bonchev–Trinajstić information content (AvgIpc) is 2.52. The Labute approximate surface area is 155 Å². The SMILES string of the molecule is CCOC(=O)CCc1ccc(SCC[C@H](C)OS(C)(=O)=O)cc1CC. The summed E-state index contributed by atoms with van der Waals surface area (Å²) in [5.41, 5.74) is 2.41. The highest BCUT2D eigenvalue weighted by Crippen LogP contribution is 2.24. The predicted octanol–water partition coefficient (Wildman–Crippen LogP) is 3.59. The van der Waals surface area contributed by atoms with Crippen molar-refractivity contribution in [2.45, 2.75) is 57.5 Å². The van der Waals surface area contributed by atoms with Gasteiger partial charge in [0, 0.05) is 17.1 Å². The third-order valence-electron chi connectivity index (χ3n) is 3.59. The Bertz CT molecular complexity index is 655. The minimum atomic E-state index is -3.40. The molecule has 0 N–H and O–H groups in total. The molecule has 0 amide bonds. The van der Waals surface area contributed by atoms with Gasteiger partial charge in [0.1, 0.15) is 0 Å². The molecule has 0 saturated heterocycles. The van der Waals surface area contributed by atoms with E-state index in [1.165, 1.54) is 11.1 Å². The van der Waals surface area contributed by atoms with Crippen molar-refractivity contribution in [3.63, 3.8) is 0 Å². The zero-order chi connectivity index (χ0) is 18.9. The summed E-state index contributed by atoms with van der Waals surface area (Å²) in [6, 6.07) is 6.26. The van der Waals surface area contributed by atoms with Crippen molar-refractivity contribution in [3.05, 3.63) is 29.3 Å². The number of ether oxygens (including phenoxy) is 1. The molecule has 142 valence electrons. The number of carbonyl (C=O) groups excluding carboxylic acids is 1. The molecule has 1 atom stereocenters. The van der Waals surface area contributed by atoms with Gasteiger partial charge in [-0.05, 0) is 56.4 Å². The molecule has 25 heavy (non-hydrogen) atoms. The van der Waals surface area contributed by atoms with E-state index >= 15 is 0 Å². The smallest absolute Gasteiger partial charge is 0.306 e. The van der Waals surface area contributed by atoms with E-state index in [0.717, 1.165) is 23.3 Å². The highest BCUT2D eigenvalue weighted by atomic mass is 32.2. The van der Waals surface area contributed by atoms with Crippen molar-refractivity contribution >= 4 is 27.8 Å². The summed E-state index contributed by atoms with van der Waals surface area (Å²) >= 11 is 1.68. The monoisotopic (exact) mass is 388 g/mol. The van der Waals surface area contributed by atoms with E-state index in [0.29, 0.717) is 25.9 Å². The molecule has 0 bridgehead atoms. The van der Waals surface area contributed by atoms with Crippen LogP contribution < -0.4 is 0 Å². The molecule has 0 aliphatic heterocycles. The van der Waals surface area contributed by atoms with Gasteiger partial charge in [-0.2, -0.15) is 8.42 Å². The van der Waals surface area contributed by atoms with Crippen LogP contribution in [0.1, 0.15) is 44.7 Å². The van der Waals surface area contributed by atoms with Gasteiger partial charge in [0.05, 0.1) is 19.0 Å². The van der Waals surface area contributed by atoms with E-state index in [1.807, 2.05) is 13.0 Å². The van der Waals surface area contributed by atoms with Crippen LogP contribution in [0.15, 0.2) is 23.1 Å². The van der Waals surface area contributed by atoms with Crippen molar-refractivity contribution in [2.24, 2.45) is 0 Å². The molecule has 0 aromatic heterocycles. The van der Waals surface area contributed by atoms with Crippen LogP contribution in [0.2, 0.25) is 0 Å². The fourth-order valence-corrected chi connectivity index (χ4v) is 4.19. The summed E-state index contributed by atoms with van der Waals surface area (Å²) in [5.74, 6) is 0.616. The van der Waals surface area contributed by atoms with Crippen LogP contribution >= 0.6 is 11.8 Å². The van der Waals surface area contributed by atoms with Gasteiger partial charge in [-0.3, -0.25) is 8.98 Å². The number of benzene rings is 1. The third kappa shape index (κ3) is 9.28. The maximum atomic E-state index is 11.5. The molecule has 0 aliphatic carbocycles. The molecule has 0 aliphatic rings. The van der Waals surface area contributed by atoms with Crippen molar-refractivity contribution in [2.75, 3.05) is 18.6 Å². The first-order chi connectivity index (χ1) is 11.7. The summed E-state index contributed by atoms with van der Waals surface area (Å²) < 4.78 is 32.1. The van der Waals surface area contributed by atoms with E-state index in [-0.39, 0.29) is 12.1 Å². The molecule has 1 aromatic rings. The minimum Gasteiger partial charge on any atom is -0.466 e. The predicted molar refractivity (Wildman–Crippen MR) is 102 cm³/mol. The molecule has 5 nitrogen and oxygen atoms in total. The number of thioether (sulfide) groups is 1. The Morgan fingerprint density at radius 2 is 1.96 bits per heavy atom. The highest BCUT2D eigenvalue weighted by molar-refractivity contribution is 7.99. The van der Waals surface area contributed by atoms with Gasteiger partial charge in [0.25, 0.3) is 10.1 Å². The van der Waals surface area contributed by atoms with Crippen molar-refractivity contribution in [1.82, 2.24) is 0 Å². The second-order valence-electron chi connectivity index (χ2n) is 5.84. The fraction of sp³-hybridized carbons (Fsp3) is 0.611. The van der Waals surface area contributed by atoms with Gasteiger partial charge < -0.3 is 4.74 Å². The van der Waals surface area contributed by atoms with Gasteiger partial charge in [0.2, 0.25) is 0 Å². The summed E-state index contributed by atoms with van der Waals surface area (Å²) in [6.07, 6.45) is 3.39. The molecule has 0 heterocycles. The Kier molecular flexibility index (Phi) is 9.53. The van der Waals surface area contributed by atoms with Crippen LogP contribution in [0, 0.1) is 0 Å². The van der Waals surface area contributed by atoms with Crippen LogP contribution in [0.25, 0.3) is 0 Å². The van der Waals surface area contributed by atoms with Crippen molar-refractivity contribution < 1.29 is 22.1 Å². The molecule has 0 spiro atoms. The zero-order valence-electron chi connectivity index (χ0n) is 15.4. The topological polar surface area (TPSA) is 69.7 Å².